The molecule has 0 bridgehead atoms. The number of hydrogen-bond donors (Lipinski definition) is 15. The highest BCUT2D eigenvalue weighted by atomic mass is 35.5. The number of aliphatic hydroxyl groups is 3. The molecule has 4 atom stereocenters. The van der Waals surface area contributed by atoms with Gasteiger partial charge in [0, 0.05) is 49.5 Å². The van der Waals surface area contributed by atoms with Crippen LogP contribution in [0, 0.1) is 40.4 Å². The number of carbonyl (C=O) groups is 4. The van der Waals surface area contributed by atoms with Crippen LogP contribution in [0.15, 0.2) is 165 Å². The van der Waals surface area contributed by atoms with Gasteiger partial charge in [-0.25, -0.2) is 29.3 Å². The van der Waals surface area contributed by atoms with E-state index < -0.39 is 24.3 Å². The number of aromatic amines is 3. The minimum absolute atomic E-state index is 0.0383. The van der Waals surface area contributed by atoms with Crippen LogP contribution in [0.5, 0.6) is 0 Å². The smallest absolute Gasteiger partial charge is 0.269 e. The predicted octanol–water partition coefficient (Wildman–Crippen LogP) is 13.6. The number of nitrogens with one attached hydrogen (secondary N) is 7. The zero-order valence-corrected chi connectivity index (χ0v) is 70.4. The molecule has 4 unspecified atom stereocenters. The molecule has 7 aromatic heterocycles. The number of benzene rings is 4. The van der Waals surface area contributed by atoms with E-state index in [-0.39, 0.29) is 74.9 Å². The maximum absolute atomic E-state index is 13.9. The molecule has 7 heterocycles. The number of halogens is 4. The van der Waals surface area contributed by atoms with E-state index in [2.05, 4.69) is 83.0 Å². The Hall–Kier alpha value is -11.0. The first-order valence-corrected chi connectivity index (χ1v) is 40.6. The first-order valence-electron chi connectivity index (χ1n) is 36.2. The Morgan fingerprint density at radius 3 is 1.31 bits per heavy atom. The van der Waals surface area contributed by atoms with Crippen molar-refractivity contribution in [3.8, 4) is 33.6 Å². The Morgan fingerprint density at radius 2 is 0.888 bits per heavy atom. The molecule has 1 aliphatic rings. The number of H-pyrrole nitrogens is 3. The lowest BCUT2D eigenvalue weighted by Gasteiger charge is -2.15. The Labute approximate surface area is 700 Å². The predicted molar refractivity (Wildman–Crippen MR) is 464 cm³/mol. The summed E-state index contributed by atoms with van der Waals surface area (Å²) in [5.41, 5.74) is 40.5. The van der Waals surface area contributed by atoms with Crippen LogP contribution in [0.1, 0.15) is 163 Å². The normalized spacial score (nSPS) is 13.1. The number of aliphatic hydroxyl groups excluding tert-OH is 3. The molecular weight excluding hydrogens is 1620 g/mol. The first-order chi connectivity index (χ1) is 55.4. The minimum atomic E-state index is -0.733. The van der Waals surface area contributed by atoms with Crippen molar-refractivity contribution in [2.45, 2.75) is 119 Å². The van der Waals surface area contributed by atoms with E-state index in [9.17, 15) is 38.9 Å². The average Bonchev–Trinajstić information content (AvgIpc) is 1.76. The van der Waals surface area contributed by atoms with Gasteiger partial charge in [-0.15, -0.1) is 45.3 Å². The zero-order valence-electron chi connectivity index (χ0n) is 64.8. The molecule has 1 aliphatic carbocycles. The molecule has 0 saturated carbocycles. The fourth-order valence-corrected chi connectivity index (χ4v) is 15.6. The summed E-state index contributed by atoms with van der Waals surface area (Å²) in [4.78, 5) is 98.7. The number of rotatable bonds is 27. The summed E-state index contributed by atoms with van der Waals surface area (Å²) in [6.07, 6.45) is 5.96. The van der Waals surface area contributed by atoms with E-state index in [1.165, 1.54) is 45.0 Å². The molecule has 116 heavy (non-hydrogen) atoms. The number of aliphatic imine (C=N–C) groups is 4. The van der Waals surface area contributed by atoms with Crippen LogP contribution in [0.2, 0.25) is 15.1 Å². The summed E-state index contributed by atoms with van der Waals surface area (Å²) in [5, 5.41) is 44.7. The van der Waals surface area contributed by atoms with Gasteiger partial charge < -0.3 is 80.2 Å². The van der Waals surface area contributed by atoms with Crippen LogP contribution in [0.3, 0.4) is 0 Å². The molecule has 12 rings (SSSR count). The van der Waals surface area contributed by atoms with Crippen LogP contribution in [0.4, 0.5) is 4.39 Å². The van der Waals surface area contributed by atoms with Gasteiger partial charge in [-0.2, -0.15) is 0 Å². The second-order valence-corrected chi connectivity index (χ2v) is 32.2. The first kappa shape index (κ1) is 88.9. The Kier molecular flexibility index (Phi) is 32.2. The third kappa shape index (κ3) is 25.0. The van der Waals surface area contributed by atoms with Gasteiger partial charge in [0.1, 0.15) is 61.1 Å². The van der Waals surface area contributed by atoms with E-state index >= 15 is 0 Å². The summed E-state index contributed by atoms with van der Waals surface area (Å²) >= 11 is 23.3. The number of thiazole rings is 4. The number of hydrogen-bond acceptors (Lipinski definition) is 19. The number of guanidine groups is 1. The van der Waals surface area contributed by atoms with Crippen LogP contribution < -0.4 is 49.9 Å². The highest BCUT2D eigenvalue weighted by Gasteiger charge is 2.28. The summed E-state index contributed by atoms with van der Waals surface area (Å²) in [6.45, 7) is 16.6. The molecule has 0 aliphatic heterocycles. The number of amides is 4. The van der Waals surface area contributed by atoms with Gasteiger partial charge in [0.25, 0.3) is 17.7 Å². The second kappa shape index (κ2) is 42.0. The summed E-state index contributed by atoms with van der Waals surface area (Å²) < 4.78 is 13.9. The molecule has 4 amide bonds. The van der Waals surface area contributed by atoms with Gasteiger partial charge in [0.05, 0.1) is 94.4 Å². The van der Waals surface area contributed by atoms with Crippen LogP contribution >= 0.6 is 80.1 Å². The minimum Gasteiger partial charge on any atom is -0.391 e. The van der Waals surface area contributed by atoms with Crippen LogP contribution in [0.25, 0.3) is 39.2 Å². The van der Waals surface area contributed by atoms with Crippen molar-refractivity contribution in [2.24, 2.45) is 48.6 Å². The summed E-state index contributed by atoms with van der Waals surface area (Å²) in [6, 6.07) is 34.7. The zero-order chi connectivity index (χ0) is 84.0. The van der Waals surface area contributed by atoms with Crippen molar-refractivity contribution in [1.82, 2.24) is 56.2 Å². The monoisotopic (exact) mass is 1710 g/mol. The van der Waals surface area contributed by atoms with Gasteiger partial charge in [-0.05, 0) is 174 Å². The quantitative estimate of drug-likeness (QED) is 0.0168. The molecular formula is C81H90Cl3FN20O7S4. The fraction of sp³-hybridized carbons (Fsp3) is 0.259. The van der Waals surface area contributed by atoms with E-state index in [1.807, 2.05) is 81.4 Å². The third-order valence-electron chi connectivity index (χ3n) is 17.5. The molecule has 20 N–H and O–H groups in total. The number of allylic oxidation sites excluding steroid dienone is 3. The Morgan fingerprint density at radius 1 is 0.483 bits per heavy atom. The maximum Gasteiger partial charge on any atom is 0.269 e. The Bertz CT molecular complexity index is 5260. The van der Waals surface area contributed by atoms with Gasteiger partial charge in [0.15, 0.2) is 12.1 Å². The van der Waals surface area contributed by atoms with Crippen molar-refractivity contribution in [3.63, 3.8) is 0 Å². The Balaban J connectivity index is 0.000000177. The standard InChI is InChI=1S/C22H26FN5OS.2C20H22ClN5O2S.C19H20ClN5O2S/c1-4-19-13(3)27-21(30-19)18(11-26-22(24)25)28-20(29)16-8-7-14(9-16)15-6-5-12(2)17(23)10-15;1-11-18(10-27)29-20(25-11)17(9-23-12(2)22)26-19(28)16-7-14(8-24-16)13-3-5-15(21)6-4-13;1-11-18(10-27)29-20(24-11)17(9-23-12(2)22)26-19(28)16-8-7-15(25-16)13-3-5-14(21)6-4-13;1-10-16(9-26)28-19(22-10)17(23-11(2)21)25-18(27)15-8-7-14(24-15)12-3-5-13(20)6-4-12/h5-8,10,18H,4,9,11H2,1-3H3,(H,28,29)(H4,24,25,26);3-8,17,24,27H,9-10H2,1-2H3,(H2,22,23)(H,26,28);3-8,17,25,27H,9-10H2,1-2H3,(H2,22,23)(H,26,28);3-8,17,24,26H,9H2,1-2H3,(H2,21,23)(H,25,27). The van der Waals surface area contributed by atoms with E-state index in [4.69, 9.17) is 63.5 Å². The average molecular weight is 1710 g/mol. The van der Waals surface area contributed by atoms with E-state index in [0.717, 1.165) is 87.9 Å². The molecule has 0 radical (unpaired) electrons. The van der Waals surface area contributed by atoms with Crippen molar-refractivity contribution in [1.29, 1.82) is 0 Å². The van der Waals surface area contributed by atoms with Gasteiger partial charge in [-0.3, -0.25) is 34.2 Å². The van der Waals surface area contributed by atoms with Crippen molar-refractivity contribution in [2.75, 3.05) is 19.6 Å². The molecule has 0 fully saturated rings. The number of amidine groups is 3. The molecule has 0 spiro atoms. The lowest BCUT2D eigenvalue weighted by atomic mass is 10.0. The number of nitrogens with two attached hydrogens (primary N) is 5. The van der Waals surface area contributed by atoms with Crippen molar-refractivity contribution in [3.05, 3.63) is 257 Å². The molecule has 0 saturated heterocycles. The van der Waals surface area contributed by atoms with Crippen molar-refractivity contribution < 1.29 is 38.9 Å². The van der Waals surface area contributed by atoms with Gasteiger partial charge >= 0.3 is 0 Å². The van der Waals surface area contributed by atoms with Gasteiger partial charge in [-0.1, -0.05) is 102 Å². The van der Waals surface area contributed by atoms with Crippen molar-refractivity contribution >= 4 is 133 Å². The van der Waals surface area contributed by atoms with E-state index in [0.29, 0.717) is 87.9 Å². The highest BCUT2D eigenvalue weighted by molar-refractivity contribution is 7.12. The number of aromatic nitrogens is 7. The number of aryl methyl sites for hydroxylation is 6. The molecule has 4 aromatic carbocycles. The SMILES string of the molecule is CC(N)=NC(NC(=O)c1ccc(-c2ccc(Cl)cc2)[nH]1)c1nc(C)c(CO)s1.CC(N)=NCC(NC(=O)c1cc(-c2ccc(Cl)cc2)c[nH]1)c1nc(C)c(CO)s1.CC(N)=NCC(NC(=O)c1ccc(-c2ccc(Cl)cc2)[nH]1)c1nc(C)c(CO)s1.CCc1sc(C(CN=C(N)N)NC(=O)C2=CC=C(c3ccc(C)c(F)c3)C2)nc1C. The molecule has 27 nitrogen and oxygen atoms in total. The van der Waals surface area contributed by atoms with Gasteiger partial charge in [0.2, 0.25) is 5.91 Å². The molecule has 11 aromatic rings. The largest absolute Gasteiger partial charge is 0.391 e. The summed E-state index contributed by atoms with van der Waals surface area (Å²) in [7, 11) is 0. The molecule has 35 heteroatoms. The fourth-order valence-electron chi connectivity index (χ4n) is 11.3. The second-order valence-electron chi connectivity index (χ2n) is 26.4. The van der Waals surface area contributed by atoms with Crippen LogP contribution in [-0.2, 0) is 31.0 Å². The summed E-state index contributed by atoms with van der Waals surface area (Å²) in [5.74, 6) is -0.245. The third-order valence-corrected chi connectivity index (χ3v) is 23.4. The number of carbonyl (C=O) groups excluding carboxylic acids is 4. The molecule has 608 valence electrons. The highest BCUT2D eigenvalue weighted by Crippen LogP contribution is 2.34. The topological polar surface area (TPSA) is 456 Å². The number of nitrogens with zero attached hydrogens (tertiary/aromatic N) is 8. The lowest BCUT2D eigenvalue weighted by molar-refractivity contribution is -0.118. The lowest BCUT2D eigenvalue weighted by Crippen LogP contribution is -2.33. The van der Waals surface area contributed by atoms with E-state index in [1.54, 1.807) is 119 Å². The van der Waals surface area contributed by atoms with Crippen LogP contribution in [-0.4, -0.2) is 117 Å². The maximum atomic E-state index is 13.9.